The Hall–Kier alpha value is -1.12. The van der Waals surface area contributed by atoms with Crippen LogP contribution in [0, 0.1) is 5.92 Å². The Labute approximate surface area is 118 Å². The third-order valence-corrected chi connectivity index (χ3v) is 3.41. The van der Waals surface area contributed by atoms with E-state index in [1.165, 1.54) is 51.4 Å². The van der Waals surface area contributed by atoms with Crippen LogP contribution in [0.2, 0.25) is 0 Å². The lowest BCUT2D eigenvalue weighted by atomic mass is 10.0. The number of rotatable bonds is 10. The zero-order valence-electron chi connectivity index (χ0n) is 12.6. The van der Waals surface area contributed by atoms with Crippen LogP contribution in [-0.4, -0.2) is 9.97 Å². The molecule has 0 aromatic carbocycles. The molecule has 0 spiro atoms. The van der Waals surface area contributed by atoms with E-state index in [-0.39, 0.29) is 0 Å². The average molecular weight is 263 g/mol. The van der Waals surface area contributed by atoms with E-state index in [4.69, 9.17) is 5.73 Å². The molecule has 0 radical (unpaired) electrons. The number of nitrogens with two attached hydrogens (primary N) is 1. The molecule has 0 amide bonds. The van der Waals surface area contributed by atoms with Crippen LogP contribution in [0.3, 0.4) is 0 Å². The van der Waals surface area contributed by atoms with E-state index >= 15 is 0 Å². The first-order valence-electron chi connectivity index (χ1n) is 7.76. The Morgan fingerprint density at radius 1 is 1.00 bits per heavy atom. The maximum absolute atomic E-state index is 5.63. The summed E-state index contributed by atoms with van der Waals surface area (Å²) in [4.78, 5) is 8.44. The van der Waals surface area contributed by atoms with Gasteiger partial charge in [-0.1, -0.05) is 58.8 Å². The highest BCUT2D eigenvalue weighted by atomic mass is 14.9. The minimum atomic E-state index is 0.579. The summed E-state index contributed by atoms with van der Waals surface area (Å²) in [5.74, 6) is 2.32. The van der Waals surface area contributed by atoms with Gasteiger partial charge in [0.25, 0.3) is 0 Å². The largest absolute Gasteiger partial charge is 0.384 e. The fourth-order valence-corrected chi connectivity index (χ4v) is 2.25. The number of nitrogen functional groups attached to an aromatic ring is 1. The lowest BCUT2D eigenvalue weighted by Gasteiger charge is -2.04. The number of nitrogens with zero attached hydrogens (tertiary/aromatic N) is 2. The number of hydrogen-bond acceptors (Lipinski definition) is 3. The van der Waals surface area contributed by atoms with Crippen LogP contribution in [-0.2, 0) is 6.42 Å². The van der Waals surface area contributed by atoms with Gasteiger partial charge in [-0.25, -0.2) is 9.97 Å². The lowest BCUT2D eigenvalue weighted by Crippen LogP contribution is -1.98. The molecule has 1 rings (SSSR count). The highest BCUT2D eigenvalue weighted by Gasteiger charge is 1.98. The Balaban J connectivity index is 1.91. The van der Waals surface area contributed by atoms with Gasteiger partial charge in [0.05, 0.1) is 0 Å². The predicted octanol–water partition coefficient (Wildman–Crippen LogP) is 4.38. The van der Waals surface area contributed by atoms with Crippen molar-refractivity contribution >= 4 is 5.82 Å². The Kier molecular flexibility index (Phi) is 8.19. The first kappa shape index (κ1) is 15.9. The lowest BCUT2D eigenvalue weighted by molar-refractivity contribution is 0.508. The minimum Gasteiger partial charge on any atom is -0.384 e. The maximum Gasteiger partial charge on any atom is 0.130 e. The summed E-state index contributed by atoms with van der Waals surface area (Å²) in [6.45, 7) is 4.61. The van der Waals surface area contributed by atoms with Crippen LogP contribution in [0.4, 0.5) is 5.82 Å². The van der Waals surface area contributed by atoms with Crippen molar-refractivity contribution in [1.29, 1.82) is 0 Å². The van der Waals surface area contributed by atoms with Crippen molar-refractivity contribution in [3.8, 4) is 0 Å². The van der Waals surface area contributed by atoms with Gasteiger partial charge in [-0.2, -0.15) is 0 Å². The molecule has 0 atom stereocenters. The van der Waals surface area contributed by atoms with E-state index in [2.05, 4.69) is 23.8 Å². The molecule has 0 unspecified atom stereocenters. The van der Waals surface area contributed by atoms with E-state index in [9.17, 15) is 0 Å². The van der Waals surface area contributed by atoms with Crippen LogP contribution in [0.5, 0.6) is 0 Å². The third-order valence-electron chi connectivity index (χ3n) is 3.41. The molecule has 3 heteroatoms. The first-order valence-corrected chi connectivity index (χ1v) is 7.76. The molecule has 1 aromatic heterocycles. The summed E-state index contributed by atoms with van der Waals surface area (Å²) < 4.78 is 0. The Bertz CT molecular complexity index is 337. The molecule has 1 heterocycles. The minimum absolute atomic E-state index is 0.579. The highest BCUT2D eigenvalue weighted by Crippen LogP contribution is 2.12. The van der Waals surface area contributed by atoms with E-state index in [1.807, 2.05) is 0 Å². The summed E-state index contributed by atoms with van der Waals surface area (Å²) in [6.07, 6.45) is 13.4. The normalized spacial score (nSPS) is 11.1. The van der Waals surface area contributed by atoms with Crippen molar-refractivity contribution in [3.63, 3.8) is 0 Å². The molecule has 108 valence electrons. The maximum atomic E-state index is 5.63. The SMILES string of the molecule is CC(C)CCCCCCCCCc1nccc(N)n1. The van der Waals surface area contributed by atoms with Crippen LogP contribution in [0.1, 0.15) is 71.0 Å². The molecule has 1 aromatic rings. The molecule has 0 fully saturated rings. The van der Waals surface area contributed by atoms with Crippen molar-refractivity contribution in [1.82, 2.24) is 9.97 Å². The molecule has 0 saturated heterocycles. The van der Waals surface area contributed by atoms with E-state index in [0.29, 0.717) is 5.82 Å². The number of aryl methyl sites for hydroxylation is 1. The first-order chi connectivity index (χ1) is 9.18. The number of aromatic nitrogens is 2. The molecule has 19 heavy (non-hydrogen) atoms. The van der Waals surface area contributed by atoms with Crippen molar-refractivity contribution in [2.75, 3.05) is 5.73 Å². The van der Waals surface area contributed by atoms with Gasteiger partial charge < -0.3 is 5.73 Å². The van der Waals surface area contributed by atoms with Crippen LogP contribution < -0.4 is 5.73 Å². The van der Waals surface area contributed by atoms with Gasteiger partial charge >= 0.3 is 0 Å². The highest BCUT2D eigenvalue weighted by molar-refractivity contribution is 5.24. The Morgan fingerprint density at radius 2 is 1.63 bits per heavy atom. The van der Waals surface area contributed by atoms with Gasteiger partial charge in [-0.15, -0.1) is 0 Å². The summed E-state index contributed by atoms with van der Waals surface area (Å²) in [5, 5.41) is 0. The fourth-order valence-electron chi connectivity index (χ4n) is 2.25. The zero-order valence-corrected chi connectivity index (χ0v) is 12.6. The summed E-state index contributed by atoms with van der Waals surface area (Å²) in [7, 11) is 0. The van der Waals surface area contributed by atoms with Crippen molar-refractivity contribution in [2.24, 2.45) is 5.92 Å². The van der Waals surface area contributed by atoms with Gasteiger partial charge in [-0.05, 0) is 18.4 Å². The van der Waals surface area contributed by atoms with Gasteiger partial charge in [0.1, 0.15) is 11.6 Å². The predicted molar refractivity (Wildman–Crippen MR) is 81.9 cm³/mol. The van der Waals surface area contributed by atoms with Crippen molar-refractivity contribution in [2.45, 2.75) is 71.6 Å². The topological polar surface area (TPSA) is 51.8 Å². The zero-order chi connectivity index (χ0) is 13.9. The summed E-state index contributed by atoms with van der Waals surface area (Å²) in [6, 6.07) is 1.74. The second-order valence-corrected chi connectivity index (χ2v) is 5.81. The molecule has 0 aliphatic rings. The molecule has 0 aliphatic carbocycles. The van der Waals surface area contributed by atoms with Crippen molar-refractivity contribution in [3.05, 3.63) is 18.1 Å². The van der Waals surface area contributed by atoms with Gasteiger partial charge in [0, 0.05) is 12.6 Å². The molecular weight excluding hydrogens is 234 g/mol. The molecule has 0 bridgehead atoms. The molecule has 3 nitrogen and oxygen atoms in total. The standard InChI is InChI=1S/C16H29N3/c1-14(2)10-8-6-4-3-5-7-9-11-16-18-13-12-15(17)19-16/h12-14H,3-11H2,1-2H3,(H2,17,18,19). The van der Waals surface area contributed by atoms with Crippen LogP contribution in [0.15, 0.2) is 12.3 Å². The van der Waals surface area contributed by atoms with E-state index in [1.54, 1.807) is 12.3 Å². The van der Waals surface area contributed by atoms with E-state index < -0.39 is 0 Å². The smallest absolute Gasteiger partial charge is 0.130 e. The van der Waals surface area contributed by atoms with Crippen molar-refractivity contribution < 1.29 is 0 Å². The van der Waals surface area contributed by atoms with E-state index in [0.717, 1.165) is 18.2 Å². The summed E-state index contributed by atoms with van der Waals surface area (Å²) in [5.41, 5.74) is 5.63. The molecule has 0 saturated carbocycles. The molecule has 2 N–H and O–H groups in total. The molecular formula is C16H29N3. The monoisotopic (exact) mass is 263 g/mol. The Morgan fingerprint density at radius 3 is 2.26 bits per heavy atom. The summed E-state index contributed by atoms with van der Waals surface area (Å²) >= 11 is 0. The quantitative estimate of drug-likeness (QED) is 0.637. The van der Waals surface area contributed by atoms with Crippen LogP contribution in [0.25, 0.3) is 0 Å². The number of hydrogen-bond donors (Lipinski definition) is 1. The number of anilines is 1. The third kappa shape index (κ3) is 8.57. The average Bonchev–Trinajstić information content (AvgIpc) is 2.36. The second-order valence-electron chi connectivity index (χ2n) is 5.81. The van der Waals surface area contributed by atoms with Gasteiger partial charge in [-0.3, -0.25) is 0 Å². The fraction of sp³-hybridized carbons (Fsp3) is 0.750. The van der Waals surface area contributed by atoms with Gasteiger partial charge in [0.15, 0.2) is 0 Å². The number of unbranched alkanes of at least 4 members (excludes halogenated alkanes) is 6. The van der Waals surface area contributed by atoms with Crippen LogP contribution >= 0.6 is 0 Å². The van der Waals surface area contributed by atoms with Gasteiger partial charge in [0.2, 0.25) is 0 Å². The second kappa shape index (κ2) is 9.76. The molecule has 0 aliphatic heterocycles.